The van der Waals surface area contributed by atoms with Gasteiger partial charge in [0.05, 0.1) is 31.4 Å². The van der Waals surface area contributed by atoms with Gasteiger partial charge in [0.2, 0.25) is 0 Å². The number of nitrogens with zero attached hydrogens (tertiary/aromatic N) is 1. The number of nitrogens with one attached hydrogen (secondary N) is 2. The first-order valence-electron chi connectivity index (χ1n) is 10.3. The Kier molecular flexibility index (Phi) is 7.65. The van der Waals surface area contributed by atoms with Crippen molar-refractivity contribution in [2.75, 3.05) is 43.1 Å². The number of esters is 1. The molecule has 2 aromatic rings. The third kappa shape index (κ3) is 5.49. The average Bonchev–Trinajstić information content (AvgIpc) is 2.76. The second-order valence-electron chi connectivity index (χ2n) is 7.21. The van der Waals surface area contributed by atoms with Gasteiger partial charge in [-0.1, -0.05) is 18.2 Å². The van der Waals surface area contributed by atoms with E-state index < -0.39 is 0 Å². The quantitative estimate of drug-likeness (QED) is 0.532. The number of anilines is 2. The highest BCUT2D eigenvalue weighted by Crippen LogP contribution is 2.22. The molecule has 30 heavy (non-hydrogen) atoms. The number of thiocarbonyl (C=S) groups is 1. The molecule has 6 nitrogen and oxygen atoms in total. The third-order valence-electron chi connectivity index (χ3n) is 5.19. The summed E-state index contributed by atoms with van der Waals surface area (Å²) in [5, 5.41) is 7.02. The number of morpholine rings is 1. The summed E-state index contributed by atoms with van der Waals surface area (Å²) < 4.78 is 10.5. The molecule has 0 spiro atoms. The zero-order valence-electron chi connectivity index (χ0n) is 17.7. The van der Waals surface area contributed by atoms with Crippen LogP contribution in [0, 0.1) is 6.92 Å². The molecule has 0 bridgehead atoms. The van der Waals surface area contributed by atoms with Crippen molar-refractivity contribution in [3.8, 4) is 0 Å². The second-order valence-corrected chi connectivity index (χ2v) is 7.62. The molecule has 0 aliphatic carbocycles. The standard InChI is InChI=1S/C23H29N3O3S/c1-4-29-22(27)20-6-5-7-21(16(20)2)25-23(30)24-17(3)18-8-10-19(11-9-18)26-12-14-28-15-13-26/h5-11,17H,4,12-15H2,1-3H3,(H2,24,25,30)/t17-/m1/s1. The van der Waals surface area contributed by atoms with Gasteiger partial charge in [0, 0.05) is 24.5 Å². The molecule has 1 atom stereocenters. The van der Waals surface area contributed by atoms with E-state index in [4.69, 9.17) is 21.7 Å². The van der Waals surface area contributed by atoms with Crippen LogP contribution in [0.1, 0.15) is 41.4 Å². The van der Waals surface area contributed by atoms with Crippen LogP contribution in [0.5, 0.6) is 0 Å². The Morgan fingerprint density at radius 1 is 1.20 bits per heavy atom. The van der Waals surface area contributed by atoms with E-state index in [-0.39, 0.29) is 12.0 Å². The summed E-state index contributed by atoms with van der Waals surface area (Å²) in [5.41, 5.74) is 4.49. The van der Waals surface area contributed by atoms with Gasteiger partial charge in [-0.2, -0.15) is 0 Å². The molecule has 0 unspecified atom stereocenters. The van der Waals surface area contributed by atoms with Gasteiger partial charge in [-0.15, -0.1) is 0 Å². The molecular weight excluding hydrogens is 398 g/mol. The Balaban J connectivity index is 1.61. The van der Waals surface area contributed by atoms with Gasteiger partial charge in [0.1, 0.15) is 0 Å². The van der Waals surface area contributed by atoms with Gasteiger partial charge in [-0.25, -0.2) is 4.79 Å². The van der Waals surface area contributed by atoms with Crippen LogP contribution < -0.4 is 15.5 Å². The van der Waals surface area contributed by atoms with Crippen molar-refractivity contribution >= 4 is 34.7 Å². The van der Waals surface area contributed by atoms with E-state index in [9.17, 15) is 4.79 Å². The molecule has 160 valence electrons. The maximum absolute atomic E-state index is 12.1. The van der Waals surface area contributed by atoms with Crippen LogP contribution in [0.3, 0.4) is 0 Å². The van der Waals surface area contributed by atoms with Gasteiger partial charge in [-0.3, -0.25) is 0 Å². The van der Waals surface area contributed by atoms with Crippen LogP contribution in [0.25, 0.3) is 0 Å². The van der Waals surface area contributed by atoms with E-state index >= 15 is 0 Å². The minimum absolute atomic E-state index is 0.0392. The first-order chi connectivity index (χ1) is 14.5. The first-order valence-corrected chi connectivity index (χ1v) is 10.7. The van der Waals surface area contributed by atoms with Crippen molar-refractivity contribution in [2.45, 2.75) is 26.8 Å². The van der Waals surface area contributed by atoms with Gasteiger partial charge in [0.25, 0.3) is 0 Å². The molecule has 1 fully saturated rings. The molecule has 1 aliphatic heterocycles. The summed E-state index contributed by atoms with van der Waals surface area (Å²) in [6, 6.07) is 14.0. The minimum atomic E-state index is -0.328. The van der Waals surface area contributed by atoms with Gasteiger partial charge < -0.3 is 25.0 Å². The number of hydrogen-bond donors (Lipinski definition) is 2. The van der Waals surface area contributed by atoms with Crippen molar-refractivity contribution in [1.82, 2.24) is 5.32 Å². The van der Waals surface area contributed by atoms with Crippen LogP contribution in [0.2, 0.25) is 0 Å². The summed E-state index contributed by atoms with van der Waals surface area (Å²) in [4.78, 5) is 14.4. The Hall–Kier alpha value is -2.64. The molecule has 0 radical (unpaired) electrons. The maximum Gasteiger partial charge on any atom is 0.338 e. The highest BCUT2D eigenvalue weighted by Gasteiger charge is 2.15. The van der Waals surface area contributed by atoms with Crippen molar-refractivity contribution in [3.05, 3.63) is 59.2 Å². The lowest BCUT2D eigenvalue weighted by molar-refractivity contribution is 0.0525. The summed E-state index contributed by atoms with van der Waals surface area (Å²) in [6.07, 6.45) is 0. The highest BCUT2D eigenvalue weighted by atomic mass is 32.1. The molecule has 2 N–H and O–H groups in total. The van der Waals surface area contributed by atoms with Gasteiger partial charge >= 0.3 is 5.97 Å². The number of ether oxygens (including phenoxy) is 2. The van der Waals surface area contributed by atoms with Crippen molar-refractivity contribution < 1.29 is 14.3 Å². The Morgan fingerprint density at radius 2 is 1.90 bits per heavy atom. The van der Waals surface area contributed by atoms with Crippen molar-refractivity contribution in [2.24, 2.45) is 0 Å². The van der Waals surface area contributed by atoms with Crippen LogP contribution >= 0.6 is 12.2 Å². The van der Waals surface area contributed by atoms with Crippen LogP contribution in [0.4, 0.5) is 11.4 Å². The molecule has 0 amide bonds. The lowest BCUT2D eigenvalue weighted by Crippen LogP contribution is -2.36. The number of rotatable bonds is 6. The van der Waals surface area contributed by atoms with Gasteiger partial charge in [0.15, 0.2) is 5.11 Å². The largest absolute Gasteiger partial charge is 0.462 e. The lowest BCUT2D eigenvalue weighted by atomic mass is 10.1. The molecule has 3 rings (SSSR count). The molecule has 0 aromatic heterocycles. The van der Waals surface area contributed by atoms with Crippen molar-refractivity contribution in [1.29, 1.82) is 0 Å². The summed E-state index contributed by atoms with van der Waals surface area (Å²) in [5.74, 6) is -0.328. The van der Waals surface area contributed by atoms with E-state index in [1.807, 2.05) is 19.1 Å². The number of hydrogen-bond acceptors (Lipinski definition) is 5. The fourth-order valence-electron chi connectivity index (χ4n) is 3.43. The number of benzene rings is 2. The Bertz CT molecular complexity index is 880. The summed E-state index contributed by atoms with van der Waals surface area (Å²) >= 11 is 5.50. The van der Waals surface area contributed by atoms with E-state index in [0.29, 0.717) is 17.3 Å². The first kappa shape index (κ1) is 22.1. The molecule has 2 aromatic carbocycles. The van der Waals surface area contributed by atoms with Crippen LogP contribution in [-0.2, 0) is 9.47 Å². The highest BCUT2D eigenvalue weighted by molar-refractivity contribution is 7.80. The number of carbonyl (C=O) groups excluding carboxylic acids is 1. The molecular formula is C23H29N3O3S. The Labute approximate surface area is 183 Å². The molecule has 7 heteroatoms. The molecule has 1 heterocycles. The number of carbonyl (C=O) groups is 1. The predicted molar refractivity (Wildman–Crippen MR) is 124 cm³/mol. The zero-order valence-corrected chi connectivity index (χ0v) is 18.6. The summed E-state index contributed by atoms with van der Waals surface area (Å²) in [6.45, 7) is 9.48. The molecule has 0 saturated carbocycles. The van der Waals surface area contributed by atoms with Crippen molar-refractivity contribution in [3.63, 3.8) is 0 Å². The monoisotopic (exact) mass is 427 g/mol. The topological polar surface area (TPSA) is 62.8 Å². The normalized spacial score (nSPS) is 14.7. The van der Waals surface area contributed by atoms with Crippen LogP contribution in [-0.4, -0.2) is 44.0 Å². The van der Waals surface area contributed by atoms with E-state index in [0.717, 1.165) is 43.1 Å². The fraction of sp³-hybridized carbons (Fsp3) is 0.391. The Morgan fingerprint density at radius 3 is 2.57 bits per heavy atom. The molecule has 1 aliphatic rings. The third-order valence-corrected chi connectivity index (χ3v) is 5.41. The lowest BCUT2D eigenvalue weighted by Gasteiger charge is -2.29. The minimum Gasteiger partial charge on any atom is -0.462 e. The molecule has 1 saturated heterocycles. The van der Waals surface area contributed by atoms with E-state index in [1.54, 1.807) is 13.0 Å². The summed E-state index contributed by atoms with van der Waals surface area (Å²) in [7, 11) is 0. The predicted octanol–water partition coefficient (Wildman–Crippen LogP) is 4.06. The van der Waals surface area contributed by atoms with Crippen LogP contribution in [0.15, 0.2) is 42.5 Å². The van der Waals surface area contributed by atoms with Gasteiger partial charge in [-0.05, 0) is 68.4 Å². The second kappa shape index (κ2) is 10.4. The average molecular weight is 428 g/mol. The van der Waals surface area contributed by atoms with E-state index in [2.05, 4.69) is 46.7 Å². The maximum atomic E-state index is 12.1. The zero-order chi connectivity index (χ0) is 21.5. The SMILES string of the molecule is CCOC(=O)c1cccc(NC(=S)N[C@H](C)c2ccc(N3CCOCC3)cc2)c1C. The van der Waals surface area contributed by atoms with E-state index in [1.165, 1.54) is 5.69 Å². The smallest absolute Gasteiger partial charge is 0.338 e. The fourth-order valence-corrected chi connectivity index (χ4v) is 3.72.